The van der Waals surface area contributed by atoms with Gasteiger partial charge in [0.2, 0.25) is 0 Å². The molecule has 0 aromatic rings. The molecule has 0 aromatic carbocycles. The molecule has 0 aromatic heterocycles. The molecule has 1 spiro atoms. The van der Waals surface area contributed by atoms with Gasteiger partial charge in [-0.25, -0.2) is 0 Å². The van der Waals surface area contributed by atoms with E-state index in [2.05, 4.69) is 0 Å². The van der Waals surface area contributed by atoms with E-state index >= 15 is 0 Å². The van der Waals surface area contributed by atoms with E-state index in [1.807, 2.05) is 0 Å². The summed E-state index contributed by atoms with van der Waals surface area (Å²) in [4.78, 5) is 35.4. The summed E-state index contributed by atoms with van der Waals surface area (Å²) in [5.41, 5.74) is 0. The van der Waals surface area contributed by atoms with Crippen molar-refractivity contribution in [1.82, 2.24) is 0 Å². The third-order valence-corrected chi connectivity index (χ3v) is 5.77. The molecule has 0 radical (unpaired) electrons. The summed E-state index contributed by atoms with van der Waals surface area (Å²) in [5.74, 6) is -0.261. The number of Topliss-reactive ketones (excluding diaryl/α,β-unsaturated/α-hetero) is 3. The van der Waals surface area contributed by atoms with E-state index < -0.39 is 5.92 Å². The van der Waals surface area contributed by atoms with Crippen molar-refractivity contribution >= 4 is 17.3 Å². The minimum atomic E-state index is -0.549. The molecule has 2 aliphatic carbocycles. The van der Waals surface area contributed by atoms with Gasteiger partial charge in [-0.05, 0) is 44.4 Å². The molecule has 3 rings (SSSR count). The second-order valence-electron chi connectivity index (χ2n) is 7.34. The molecule has 0 amide bonds. The first-order valence-electron chi connectivity index (χ1n) is 8.82. The Labute approximate surface area is 137 Å². The van der Waals surface area contributed by atoms with Gasteiger partial charge in [-0.3, -0.25) is 14.4 Å². The van der Waals surface area contributed by atoms with E-state index in [1.165, 1.54) is 6.92 Å². The van der Waals surface area contributed by atoms with Crippen LogP contribution in [0.3, 0.4) is 0 Å². The Kier molecular flexibility index (Phi) is 4.97. The van der Waals surface area contributed by atoms with Gasteiger partial charge in [0.05, 0.1) is 25.6 Å². The Bertz CT molecular complexity index is 482. The number of carbonyl (C=O) groups is 3. The lowest BCUT2D eigenvalue weighted by Crippen LogP contribution is -2.40. The van der Waals surface area contributed by atoms with Crippen molar-refractivity contribution < 1.29 is 23.9 Å². The van der Waals surface area contributed by atoms with Gasteiger partial charge in [0.25, 0.3) is 0 Å². The van der Waals surface area contributed by atoms with Crippen LogP contribution in [-0.2, 0) is 23.9 Å². The summed E-state index contributed by atoms with van der Waals surface area (Å²) in [6, 6.07) is 0. The highest BCUT2D eigenvalue weighted by atomic mass is 16.7. The highest BCUT2D eigenvalue weighted by Gasteiger charge is 2.44. The summed E-state index contributed by atoms with van der Waals surface area (Å²) < 4.78 is 11.5. The molecular formula is C18H26O5. The predicted molar refractivity (Wildman–Crippen MR) is 82.7 cm³/mol. The fourth-order valence-corrected chi connectivity index (χ4v) is 4.50. The van der Waals surface area contributed by atoms with Crippen molar-refractivity contribution in [3.8, 4) is 0 Å². The zero-order valence-corrected chi connectivity index (χ0v) is 13.8. The van der Waals surface area contributed by atoms with Crippen molar-refractivity contribution in [2.24, 2.45) is 17.8 Å². The summed E-state index contributed by atoms with van der Waals surface area (Å²) in [5, 5.41) is 0. The summed E-state index contributed by atoms with van der Waals surface area (Å²) in [6.45, 7) is 2.78. The molecule has 1 saturated heterocycles. The summed E-state index contributed by atoms with van der Waals surface area (Å²) in [7, 11) is 0. The molecular weight excluding hydrogens is 296 g/mol. The van der Waals surface area contributed by atoms with Crippen molar-refractivity contribution in [3.63, 3.8) is 0 Å². The van der Waals surface area contributed by atoms with Gasteiger partial charge in [-0.1, -0.05) is 0 Å². The summed E-state index contributed by atoms with van der Waals surface area (Å²) in [6.07, 6.45) is 5.78. The lowest BCUT2D eigenvalue weighted by atomic mass is 9.68. The van der Waals surface area contributed by atoms with Crippen molar-refractivity contribution in [2.75, 3.05) is 13.2 Å². The molecule has 5 nitrogen and oxygen atoms in total. The van der Waals surface area contributed by atoms with Crippen LogP contribution in [0, 0.1) is 17.8 Å². The Balaban J connectivity index is 1.57. The minimum Gasteiger partial charge on any atom is -0.348 e. The maximum Gasteiger partial charge on any atom is 0.168 e. The molecule has 2 saturated carbocycles. The Morgan fingerprint density at radius 2 is 1.74 bits per heavy atom. The smallest absolute Gasteiger partial charge is 0.168 e. The number of carbonyl (C=O) groups excluding carboxylic acids is 3. The molecule has 2 atom stereocenters. The molecule has 3 fully saturated rings. The molecule has 1 aliphatic heterocycles. The first-order valence-corrected chi connectivity index (χ1v) is 8.82. The van der Waals surface area contributed by atoms with Gasteiger partial charge in [0.1, 0.15) is 11.6 Å². The second-order valence-corrected chi connectivity index (χ2v) is 7.34. The molecule has 1 heterocycles. The molecule has 2 unspecified atom stereocenters. The second kappa shape index (κ2) is 6.81. The first-order chi connectivity index (χ1) is 11.0. The van der Waals surface area contributed by atoms with Crippen LogP contribution < -0.4 is 0 Å². The third-order valence-electron chi connectivity index (χ3n) is 5.77. The van der Waals surface area contributed by atoms with Gasteiger partial charge in [-0.15, -0.1) is 0 Å². The average molecular weight is 322 g/mol. The van der Waals surface area contributed by atoms with Crippen LogP contribution in [0.1, 0.15) is 58.3 Å². The Morgan fingerprint density at radius 3 is 2.35 bits per heavy atom. The monoisotopic (exact) mass is 322 g/mol. The fraction of sp³-hybridized carbons (Fsp3) is 0.833. The Morgan fingerprint density at radius 1 is 1.09 bits per heavy atom. The van der Waals surface area contributed by atoms with Crippen LogP contribution in [0.5, 0.6) is 0 Å². The number of rotatable bonds is 4. The predicted octanol–water partition coefficient (Wildman–Crippen LogP) is 2.45. The number of ether oxygens (including phenoxy) is 2. The standard InChI is InChI=1S/C18H26O5/c1-12(19)10-17(21)15-11-14(2-3-16(15)20)13-4-6-18(7-5-13)22-8-9-23-18/h13-15H,2-11H2,1H3. The SMILES string of the molecule is CC(=O)CC(=O)C1CC(C2CCC3(CC2)OCCO3)CCC1=O. The lowest BCUT2D eigenvalue weighted by molar-refractivity contribution is -0.185. The molecule has 3 aliphatic rings. The topological polar surface area (TPSA) is 69.7 Å². The van der Waals surface area contributed by atoms with Crippen LogP contribution in [0.4, 0.5) is 0 Å². The van der Waals surface area contributed by atoms with Crippen LogP contribution >= 0.6 is 0 Å². The van der Waals surface area contributed by atoms with E-state index in [4.69, 9.17) is 9.47 Å². The first kappa shape index (κ1) is 16.8. The van der Waals surface area contributed by atoms with Gasteiger partial charge < -0.3 is 9.47 Å². The summed E-state index contributed by atoms with van der Waals surface area (Å²) >= 11 is 0. The van der Waals surface area contributed by atoms with Crippen molar-refractivity contribution in [3.05, 3.63) is 0 Å². The van der Waals surface area contributed by atoms with Crippen molar-refractivity contribution in [2.45, 2.75) is 64.1 Å². The normalized spacial score (nSPS) is 31.4. The van der Waals surface area contributed by atoms with Crippen molar-refractivity contribution in [1.29, 1.82) is 0 Å². The minimum absolute atomic E-state index is 0.0299. The van der Waals surface area contributed by atoms with E-state index in [9.17, 15) is 14.4 Å². The molecule has 23 heavy (non-hydrogen) atoms. The zero-order chi connectivity index (χ0) is 16.4. The highest BCUT2D eigenvalue weighted by Crippen LogP contribution is 2.44. The average Bonchev–Trinajstić information content (AvgIpc) is 2.96. The maximum atomic E-state index is 12.2. The molecule has 0 bridgehead atoms. The number of hydrogen-bond acceptors (Lipinski definition) is 5. The van der Waals surface area contributed by atoms with Gasteiger partial charge in [0, 0.05) is 19.3 Å². The fourth-order valence-electron chi connectivity index (χ4n) is 4.50. The lowest BCUT2D eigenvalue weighted by Gasteiger charge is -2.40. The quantitative estimate of drug-likeness (QED) is 0.744. The van der Waals surface area contributed by atoms with Gasteiger partial charge >= 0.3 is 0 Å². The van der Waals surface area contributed by atoms with Crippen LogP contribution in [0.15, 0.2) is 0 Å². The van der Waals surface area contributed by atoms with Crippen LogP contribution in [-0.4, -0.2) is 36.4 Å². The van der Waals surface area contributed by atoms with E-state index in [-0.39, 0.29) is 29.6 Å². The maximum absolute atomic E-state index is 12.2. The van der Waals surface area contributed by atoms with Crippen LogP contribution in [0.25, 0.3) is 0 Å². The molecule has 128 valence electrons. The van der Waals surface area contributed by atoms with E-state index in [1.54, 1.807) is 0 Å². The number of hydrogen-bond donors (Lipinski definition) is 0. The largest absolute Gasteiger partial charge is 0.348 e. The molecule has 0 N–H and O–H groups in total. The Hall–Kier alpha value is -1.07. The van der Waals surface area contributed by atoms with E-state index in [0.29, 0.717) is 37.9 Å². The van der Waals surface area contributed by atoms with Gasteiger partial charge in [-0.2, -0.15) is 0 Å². The molecule has 5 heteroatoms. The zero-order valence-electron chi connectivity index (χ0n) is 13.8. The van der Waals surface area contributed by atoms with Gasteiger partial charge in [0.15, 0.2) is 11.6 Å². The highest BCUT2D eigenvalue weighted by molar-refractivity contribution is 6.09. The number of ketones is 3. The third kappa shape index (κ3) is 3.72. The van der Waals surface area contributed by atoms with E-state index in [0.717, 1.165) is 32.1 Å². The van der Waals surface area contributed by atoms with Crippen LogP contribution in [0.2, 0.25) is 0 Å².